The van der Waals surface area contributed by atoms with Crippen molar-refractivity contribution in [3.05, 3.63) is 29.8 Å². The number of rotatable bonds is 10. The second kappa shape index (κ2) is 12.3. The molecular weight excluding hydrogens is 344 g/mol. The molecule has 150 valence electrons. The molecular formula is C20H32N4O3. The van der Waals surface area contributed by atoms with E-state index >= 15 is 0 Å². The van der Waals surface area contributed by atoms with Crippen molar-refractivity contribution in [2.75, 3.05) is 44.8 Å². The number of carbonyl (C=O) groups excluding carboxylic acids is 1. The smallest absolute Gasteiger partial charge is 0.221 e. The molecule has 1 aliphatic heterocycles. The Morgan fingerprint density at radius 1 is 1.37 bits per heavy atom. The van der Waals surface area contributed by atoms with Gasteiger partial charge < -0.3 is 25.4 Å². The van der Waals surface area contributed by atoms with Crippen LogP contribution in [-0.2, 0) is 20.8 Å². The number of guanidine groups is 1. The number of nitrogens with one attached hydrogen (secondary N) is 3. The van der Waals surface area contributed by atoms with Crippen LogP contribution in [0.1, 0.15) is 32.3 Å². The topological polar surface area (TPSA) is 84.0 Å². The van der Waals surface area contributed by atoms with Crippen LogP contribution in [-0.4, -0.2) is 51.4 Å². The van der Waals surface area contributed by atoms with E-state index in [1.165, 1.54) is 6.92 Å². The number of anilines is 1. The third-order valence-electron chi connectivity index (χ3n) is 4.15. The molecule has 0 radical (unpaired) electrons. The predicted molar refractivity (Wildman–Crippen MR) is 108 cm³/mol. The lowest BCUT2D eigenvalue weighted by molar-refractivity contribution is -0.114. The van der Waals surface area contributed by atoms with Gasteiger partial charge in [-0.2, -0.15) is 0 Å². The minimum Gasteiger partial charge on any atom is -0.381 e. The van der Waals surface area contributed by atoms with Crippen molar-refractivity contribution < 1.29 is 14.3 Å². The molecule has 1 amide bonds. The van der Waals surface area contributed by atoms with E-state index in [4.69, 9.17) is 9.47 Å². The van der Waals surface area contributed by atoms with Crippen molar-refractivity contribution in [3.8, 4) is 0 Å². The molecule has 1 saturated heterocycles. The highest BCUT2D eigenvalue weighted by Gasteiger charge is 2.15. The van der Waals surface area contributed by atoms with E-state index in [0.29, 0.717) is 12.5 Å². The summed E-state index contributed by atoms with van der Waals surface area (Å²) in [5.74, 6) is 1.27. The SMILES string of the molecule is CCNC(=NCc1cccc(NC(C)=O)c1)NCCCOCC1CCOC1. The van der Waals surface area contributed by atoms with E-state index in [0.717, 1.165) is 69.6 Å². The highest BCUT2D eigenvalue weighted by molar-refractivity contribution is 5.88. The van der Waals surface area contributed by atoms with Gasteiger partial charge in [0.2, 0.25) is 5.91 Å². The van der Waals surface area contributed by atoms with Crippen LogP contribution in [0.4, 0.5) is 5.69 Å². The Hall–Kier alpha value is -2.12. The van der Waals surface area contributed by atoms with Gasteiger partial charge in [0.15, 0.2) is 5.96 Å². The maximum atomic E-state index is 11.2. The molecule has 2 rings (SSSR count). The lowest BCUT2D eigenvalue weighted by Gasteiger charge is -2.12. The van der Waals surface area contributed by atoms with Gasteiger partial charge in [-0.05, 0) is 37.5 Å². The highest BCUT2D eigenvalue weighted by Crippen LogP contribution is 2.12. The van der Waals surface area contributed by atoms with Crippen LogP contribution < -0.4 is 16.0 Å². The Kier molecular flexibility index (Phi) is 9.65. The van der Waals surface area contributed by atoms with Gasteiger partial charge in [-0.1, -0.05) is 12.1 Å². The molecule has 0 aliphatic carbocycles. The number of hydrogen-bond donors (Lipinski definition) is 3. The second-order valence-corrected chi connectivity index (χ2v) is 6.66. The summed E-state index contributed by atoms with van der Waals surface area (Å²) in [4.78, 5) is 15.8. The molecule has 7 heteroatoms. The average molecular weight is 377 g/mol. The third kappa shape index (κ3) is 8.88. The van der Waals surface area contributed by atoms with Gasteiger partial charge in [0.25, 0.3) is 0 Å². The standard InChI is InChI=1S/C20H32N4O3/c1-3-21-20(22-9-5-10-26-14-18-8-11-27-15-18)23-13-17-6-4-7-19(12-17)24-16(2)25/h4,6-7,12,18H,3,5,8-11,13-15H2,1-2H3,(H,24,25)(H2,21,22,23). The molecule has 1 fully saturated rings. The number of hydrogen-bond acceptors (Lipinski definition) is 4. The minimum atomic E-state index is -0.0756. The molecule has 27 heavy (non-hydrogen) atoms. The molecule has 1 unspecified atom stereocenters. The van der Waals surface area contributed by atoms with Crippen LogP contribution in [0, 0.1) is 5.92 Å². The number of carbonyl (C=O) groups is 1. The number of aliphatic imine (C=N–C) groups is 1. The molecule has 0 bridgehead atoms. The predicted octanol–water partition coefficient (Wildman–Crippen LogP) is 2.14. The zero-order valence-corrected chi connectivity index (χ0v) is 16.4. The fraction of sp³-hybridized carbons (Fsp3) is 0.600. The van der Waals surface area contributed by atoms with E-state index in [1.54, 1.807) is 0 Å². The summed E-state index contributed by atoms with van der Waals surface area (Å²) in [6.07, 6.45) is 2.04. The third-order valence-corrected chi connectivity index (χ3v) is 4.15. The zero-order valence-electron chi connectivity index (χ0n) is 16.4. The summed E-state index contributed by atoms with van der Waals surface area (Å²) in [6.45, 7) is 8.92. The molecule has 1 atom stereocenters. The van der Waals surface area contributed by atoms with Crippen LogP contribution in [0.3, 0.4) is 0 Å². The monoisotopic (exact) mass is 376 g/mol. The Labute approximate surface area is 161 Å². The molecule has 0 saturated carbocycles. The first-order chi connectivity index (χ1) is 13.2. The molecule has 3 N–H and O–H groups in total. The van der Waals surface area contributed by atoms with Crippen molar-refractivity contribution in [1.82, 2.24) is 10.6 Å². The lowest BCUT2D eigenvalue weighted by atomic mass is 10.1. The van der Waals surface area contributed by atoms with Crippen molar-refractivity contribution in [3.63, 3.8) is 0 Å². The van der Waals surface area contributed by atoms with Gasteiger partial charge in [0, 0.05) is 44.8 Å². The van der Waals surface area contributed by atoms with E-state index in [1.807, 2.05) is 31.2 Å². The van der Waals surface area contributed by atoms with Gasteiger partial charge in [-0.25, -0.2) is 4.99 Å². The first-order valence-electron chi connectivity index (χ1n) is 9.71. The van der Waals surface area contributed by atoms with E-state index in [2.05, 4.69) is 20.9 Å². The van der Waals surface area contributed by atoms with Crippen LogP contribution in [0.25, 0.3) is 0 Å². The summed E-state index contributed by atoms with van der Waals surface area (Å²) < 4.78 is 11.1. The maximum absolute atomic E-state index is 11.2. The molecule has 0 aromatic heterocycles. The van der Waals surface area contributed by atoms with Crippen LogP contribution >= 0.6 is 0 Å². The lowest BCUT2D eigenvalue weighted by Crippen LogP contribution is -2.38. The molecule has 1 aliphatic rings. The number of ether oxygens (including phenoxy) is 2. The summed E-state index contributed by atoms with van der Waals surface area (Å²) in [7, 11) is 0. The molecule has 1 heterocycles. The largest absolute Gasteiger partial charge is 0.381 e. The fourth-order valence-corrected chi connectivity index (χ4v) is 2.81. The zero-order chi connectivity index (χ0) is 19.3. The first-order valence-corrected chi connectivity index (χ1v) is 9.71. The van der Waals surface area contributed by atoms with Crippen molar-refractivity contribution >= 4 is 17.6 Å². The quantitative estimate of drug-likeness (QED) is 0.331. The fourth-order valence-electron chi connectivity index (χ4n) is 2.81. The number of amides is 1. The Bertz CT molecular complexity index is 601. The van der Waals surface area contributed by atoms with Crippen molar-refractivity contribution in [1.29, 1.82) is 0 Å². The maximum Gasteiger partial charge on any atom is 0.221 e. The second-order valence-electron chi connectivity index (χ2n) is 6.66. The first kappa shape index (κ1) is 21.2. The normalized spacial score (nSPS) is 17.0. The van der Waals surface area contributed by atoms with E-state index in [9.17, 15) is 4.79 Å². The summed E-state index contributed by atoms with van der Waals surface area (Å²) >= 11 is 0. The summed E-state index contributed by atoms with van der Waals surface area (Å²) in [5.41, 5.74) is 1.83. The molecule has 0 spiro atoms. The summed E-state index contributed by atoms with van der Waals surface area (Å²) in [5, 5.41) is 9.37. The van der Waals surface area contributed by atoms with Gasteiger partial charge in [-0.3, -0.25) is 4.79 Å². The average Bonchev–Trinajstić information content (AvgIpc) is 3.15. The molecule has 1 aromatic rings. The molecule has 7 nitrogen and oxygen atoms in total. The van der Waals surface area contributed by atoms with E-state index < -0.39 is 0 Å². The Morgan fingerprint density at radius 2 is 2.26 bits per heavy atom. The van der Waals surface area contributed by atoms with Gasteiger partial charge in [-0.15, -0.1) is 0 Å². The van der Waals surface area contributed by atoms with Gasteiger partial charge >= 0.3 is 0 Å². The van der Waals surface area contributed by atoms with E-state index in [-0.39, 0.29) is 5.91 Å². The molecule has 1 aromatic carbocycles. The summed E-state index contributed by atoms with van der Waals surface area (Å²) in [6, 6.07) is 7.73. The van der Waals surface area contributed by atoms with Crippen molar-refractivity contribution in [2.24, 2.45) is 10.9 Å². The van der Waals surface area contributed by atoms with Gasteiger partial charge in [0.1, 0.15) is 0 Å². The number of benzene rings is 1. The number of nitrogens with zero attached hydrogens (tertiary/aromatic N) is 1. The Morgan fingerprint density at radius 3 is 3.00 bits per heavy atom. The highest BCUT2D eigenvalue weighted by atomic mass is 16.5. The minimum absolute atomic E-state index is 0.0756. The Balaban J connectivity index is 1.70. The van der Waals surface area contributed by atoms with Crippen molar-refractivity contribution in [2.45, 2.75) is 33.2 Å². The van der Waals surface area contributed by atoms with Gasteiger partial charge in [0.05, 0.1) is 19.8 Å². The van der Waals surface area contributed by atoms with Crippen LogP contribution in [0.5, 0.6) is 0 Å². The van der Waals surface area contributed by atoms with Crippen LogP contribution in [0.2, 0.25) is 0 Å². The van der Waals surface area contributed by atoms with Crippen LogP contribution in [0.15, 0.2) is 29.3 Å².